The summed E-state index contributed by atoms with van der Waals surface area (Å²) in [5.74, 6) is 0.841. The number of furan rings is 1. The predicted octanol–water partition coefficient (Wildman–Crippen LogP) is 1.16. The van der Waals surface area contributed by atoms with Crippen molar-refractivity contribution in [3.8, 4) is 0 Å². The molecular weight excluding hydrogens is 266 g/mol. The maximum atomic E-state index is 11.3. The minimum absolute atomic E-state index is 0.0736. The highest BCUT2D eigenvalue weighted by molar-refractivity contribution is 7.89. The monoisotopic (exact) mass is 281 g/mol. The number of hydrogen-bond donors (Lipinski definition) is 3. The van der Waals surface area contributed by atoms with E-state index < -0.39 is 10.0 Å². The van der Waals surface area contributed by atoms with Crippen LogP contribution in [0.4, 0.5) is 11.4 Å². The molecule has 0 amide bonds. The number of rotatable bonds is 5. The van der Waals surface area contributed by atoms with Crippen LogP contribution in [0.15, 0.2) is 45.9 Å². The van der Waals surface area contributed by atoms with Gasteiger partial charge in [-0.15, -0.1) is 0 Å². The lowest BCUT2D eigenvalue weighted by atomic mass is 10.2. The molecule has 1 aromatic heterocycles. The second-order valence-corrected chi connectivity index (χ2v) is 5.55. The van der Waals surface area contributed by atoms with E-state index in [1.165, 1.54) is 6.07 Å². The zero-order valence-electron chi connectivity index (χ0n) is 10.2. The fraction of sp³-hybridized carbons (Fsp3) is 0.167. The molecule has 0 fully saturated rings. The molecule has 7 heteroatoms. The van der Waals surface area contributed by atoms with Gasteiger partial charge in [0, 0.05) is 13.0 Å². The molecule has 0 aliphatic heterocycles. The van der Waals surface area contributed by atoms with Gasteiger partial charge in [0.25, 0.3) is 0 Å². The normalized spacial score (nSPS) is 11.4. The first kappa shape index (κ1) is 13.4. The van der Waals surface area contributed by atoms with Crippen LogP contribution in [0.2, 0.25) is 0 Å². The highest BCUT2D eigenvalue weighted by Crippen LogP contribution is 2.25. The molecule has 1 aromatic carbocycles. The molecule has 2 rings (SSSR count). The first-order chi connectivity index (χ1) is 8.98. The molecular formula is C12H15N3O3S. The molecule has 0 radical (unpaired) electrons. The molecule has 0 saturated heterocycles. The quantitative estimate of drug-likeness (QED) is 0.712. The fourth-order valence-electron chi connectivity index (χ4n) is 1.72. The van der Waals surface area contributed by atoms with E-state index in [1.807, 2.05) is 12.1 Å². The van der Waals surface area contributed by atoms with Gasteiger partial charge in [-0.1, -0.05) is 6.07 Å². The van der Waals surface area contributed by atoms with Gasteiger partial charge in [0.2, 0.25) is 10.0 Å². The zero-order valence-corrected chi connectivity index (χ0v) is 11.0. The summed E-state index contributed by atoms with van der Waals surface area (Å²) in [6, 6.07) is 8.34. The van der Waals surface area contributed by atoms with Crippen molar-refractivity contribution in [2.24, 2.45) is 5.14 Å². The Bertz CT molecular complexity index is 651. The van der Waals surface area contributed by atoms with Crippen LogP contribution in [0.25, 0.3) is 0 Å². The lowest BCUT2D eigenvalue weighted by Gasteiger charge is -2.11. The number of benzene rings is 1. The Morgan fingerprint density at radius 3 is 2.63 bits per heavy atom. The number of nitrogen functional groups attached to an aromatic ring is 1. The van der Waals surface area contributed by atoms with Crippen molar-refractivity contribution >= 4 is 21.4 Å². The van der Waals surface area contributed by atoms with Gasteiger partial charge >= 0.3 is 0 Å². The van der Waals surface area contributed by atoms with Gasteiger partial charge in [0.05, 0.1) is 17.6 Å². The second kappa shape index (κ2) is 5.33. The number of hydrogen-bond acceptors (Lipinski definition) is 5. The summed E-state index contributed by atoms with van der Waals surface area (Å²) in [6.45, 7) is 0.575. The summed E-state index contributed by atoms with van der Waals surface area (Å²) in [5, 5.41) is 8.14. The molecule has 1 heterocycles. The third-order valence-electron chi connectivity index (χ3n) is 2.64. The Morgan fingerprint density at radius 1 is 1.21 bits per heavy atom. The molecule has 0 saturated carbocycles. The van der Waals surface area contributed by atoms with Crippen LogP contribution in [-0.4, -0.2) is 15.0 Å². The van der Waals surface area contributed by atoms with E-state index in [2.05, 4.69) is 5.32 Å². The minimum Gasteiger partial charge on any atom is -0.469 e. The first-order valence-corrected chi connectivity index (χ1v) is 7.20. The topological polar surface area (TPSA) is 111 Å². The molecule has 0 aliphatic carbocycles. The summed E-state index contributed by atoms with van der Waals surface area (Å²) >= 11 is 0. The Kier molecular flexibility index (Phi) is 3.77. The Balaban J connectivity index is 2.09. The second-order valence-electron chi connectivity index (χ2n) is 4.02. The molecule has 19 heavy (non-hydrogen) atoms. The number of anilines is 2. The summed E-state index contributed by atoms with van der Waals surface area (Å²) < 4.78 is 27.8. The largest absolute Gasteiger partial charge is 0.469 e. The van der Waals surface area contributed by atoms with Crippen molar-refractivity contribution in [3.63, 3.8) is 0 Å². The van der Waals surface area contributed by atoms with Crippen LogP contribution in [0, 0.1) is 0 Å². The number of primary sulfonamides is 1. The van der Waals surface area contributed by atoms with Crippen molar-refractivity contribution in [1.29, 1.82) is 0 Å². The van der Waals surface area contributed by atoms with Gasteiger partial charge in [-0.25, -0.2) is 13.6 Å². The highest BCUT2D eigenvalue weighted by atomic mass is 32.2. The van der Waals surface area contributed by atoms with E-state index in [0.29, 0.717) is 18.7 Å². The van der Waals surface area contributed by atoms with Gasteiger partial charge in [-0.3, -0.25) is 0 Å². The van der Waals surface area contributed by atoms with Crippen molar-refractivity contribution < 1.29 is 12.8 Å². The van der Waals surface area contributed by atoms with Crippen LogP contribution in [0.1, 0.15) is 5.76 Å². The lowest BCUT2D eigenvalue weighted by molar-refractivity contribution is 0.513. The molecule has 6 nitrogen and oxygen atoms in total. The Hall–Kier alpha value is -1.99. The average Bonchev–Trinajstić information content (AvgIpc) is 2.83. The maximum absolute atomic E-state index is 11.3. The summed E-state index contributed by atoms with van der Waals surface area (Å²) in [5.41, 5.74) is 6.45. The summed E-state index contributed by atoms with van der Waals surface area (Å²) in [7, 11) is -3.81. The standard InChI is InChI=1S/C12H15N3O3S/c13-12-10(4-1-5-11(12)19(14,16)17)15-7-6-9-3-2-8-18-9/h1-5,8,15H,6-7,13H2,(H2,14,16,17). The van der Waals surface area contributed by atoms with Gasteiger partial charge < -0.3 is 15.5 Å². The third-order valence-corrected chi connectivity index (χ3v) is 3.61. The highest BCUT2D eigenvalue weighted by Gasteiger charge is 2.14. The fourth-order valence-corrected chi connectivity index (χ4v) is 2.41. The predicted molar refractivity (Wildman–Crippen MR) is 73.1 cm³/mol. The zero-order chi connectivity index (χ0) is 13.9. The third kappa shape index (κ3) is 3.27. The van der Waals surface area contributed by atoms with Crippen LogP contribution in [0.5, 0.6) is 0 Å². The average molecular weight is 281 g/mol. The van der Waals surface area contributed by atoms with E-state index in [1.54, 1.807) is 18.4 Å². The van der Waals surface area contributed by atoms with Crippen molar-refractivity contribution in [2.75, 3.05) is 17.6 Å². The molecule has 2 aromatic rings. The van der Waals surface area contributed by atoms with E-state index in [0.717, 1.165) is 5.76 Å². The maximum Gasteiger partial charge on any atom is 0.240 e. The summed E-state index contributed by atoms with van der Waals surface area (Å²) in [6.07, 6.45) is 2.28. The van der Waals surface area contributed by atoms with Crippen LogP contribution >= 0.6 is 0 Å². The van der Waals surface area contributed by atoms with Crippen molar-refractivity contribution in [1.82, 2.24) is 0 Å². The van der Waals surface area contributed by atoms with Gasteiger partial charge in [-0.05, 0) is 24.3 Å². The summed E-state index contributed by atoms with van der Waals surface area (Å²) in [4.78, 5) is -0.0736. The number of nitrogens with two attached hydrogens (primary N) is 2. The smallest absolute Gasteiger partial charge is 0.240 e. The molecule has 0 bridgehead atoms. The van der Waals surface area contributed by atoms with E-state index in [4.69, 9.17) is 15.3 Å². The van der Waals surface area contributed by atoms with Crippen LogP contribution < -0.4 is 16.2 Å². The van der Waals surface area contributed by atoms with E-state index >= 15 is 0 Å². The van der Waals surface area contributed by atoms with E-state index in [-0.39, 0.29) is 10.6 Å². The molecule has 102 valence electrons. The molecule has 0 atom stereocenters. The van der Waals surface area contributed by atoms with Crippen LogP contribution in [-0.2, 0) is 16.4 Å². The molecule has 0 aliphatic rings. The number of nitrogens with one attached hydrogen (secondary N) is 1. The van der Waals surface area contributed by atoms with Gasteiger partial charge in [-0.2, -0.15) is 0 Å². The Labute approximate surface area is 111 Å². The minimum atomic E-state index is -3.81. The van der Waals surface area contributed by atoms with Gasteiger partial charge in [0.1, 0.15) is 10.7 Å². The van der Waals surface area contributed by atoms with Gasteiger partial charge in [0.15, 0.2) is 0 Å². The van der Waals surface area contributed by atoms with Crippen molar-refractivity contribution in [3.05, 3.63) is 42.4 Å². The SMILES string of the molecule is Nc1c(NCCc2ccco2)cccc1S(N)(=O)=O. The van der Waals surface area contributed by atoms with Crippen molar-refractivity contribution in [2.45, 2.75) is 11.3 Å². The molecule has 0 unspecified atom stereocenters. The number of sulfonamides is 1. The van der Waals surface area contributed by atoms with Crippen LogP contribution in [0.3, 0.4) is 0 Å². The lowest BCUT2D eigenvalue weighted by Crippen LogP contribution is -2.16. The van der Waals surface area contributed by atoms with E-state index in [9.17, 15) is 8.42 Å². The first-order valence-electron chi connectivity index (χ1n) is 5.66. The molecule has 5 N–H and O–H groups in total. The molecule has 0 spiro atoms. The Morgan fingerprint density at radius 2 is 2.00 bits per heavy atom. The number of para-hydroxylation sites is 1.